The number of carboxylic acid groups (broad SMARTS) is 1. The van der Waals surface area contributed by atoms with Gasteiger partial charge in [0.15, 0.2) is 0 Å². The third-order valence-electron chi connectivity index (χ3n) is 12.2. The van der Waals surface area contributed by atoms with Crippen LogP contribution in [-0.2, 0) is 0 Å². The van der Waals surface area contributed by atoms with Gasteiger partial charge in [0.1, 0.15) is 11.3 Å². The number of aliphatic hydroxyl groups is 2. The van der Waals surface area contributed by atoms with E-state index in [9.17, 15) is 20.1 Å². The molecule has 4 N–H and O–H groups in total. The molecule has 0 aliphatic heterocycles. The molecule has 4 fully saturated rings. The van der Waals surface area contributed by atoms with Crippen LogP contribution in [0.5, 0.6) is 5.75 Å². The van der Waals surface area contributed by atoms with Crippen LogP contribution in [-0.4, -0.2) is 38.6 Å². The molecule has 0 unspecified atom stereocenters. The van der Waals surface area contributed by atoms with Gasteiger partial charge in [-0.25, -0.2) is 4.79 Å². The van der Waals surface area contributed by atoms with Crippen molar-refractivity contribution in [3.05, 3.63) is 35.4 Å². The molecule has 210 valence electrons. The first-order valence-electron chi connectivity index (χ1n) is 15.1. The van der Waals surface area contributed by atoms with Crippen molar-refractivity contribution in [3.8, 4) is 5.75 Å². The number of hydrogen-bond acceptors (Lipinski definition) is 4. The maximum atomic E-state index is 11.9. The van der Waals surface area contributed by atoms with E-state index in [0.29, 0.717) is 41.4 Å². The SMILES string of the molecule is CC[C@H]1[C@@H](O)[C@@H]2[C@H](CC[C@]3(C)[C@@H]([C@H](C)C/C=C/c4ccc(C(=O)O)c(O)c4)CC[C@@H]23)[C@@]2(C)CC[C@@H](O)C[C@@H]12. The first-order chi connectivity index (χ1) is 18.0. The molecule has 4 aliphatic rings. The van der Waals surface area contributed by atoms with Crippen LogP contribution in [0.1, 0.15) is 101 Å². The molecule has 4 aliphatic carbocycles. The van der Waals surface area contributed by atoms with Crippen molar-refractivity contribution >= 4 is 12.0 Å². The van der Waals surface area contributed by atoms with Gasteiger partial charge >= 0.3 is 5.97 Å². The van der Waals surface area contributed by atoms with Gasteiger partial charge in [0.05, 0.1) is 12.2 Å². The Morgan fingerprint density at radius 2 is 1.76 bits per heavy atom. The summed E-state index contributed by atoms with van der Waals surface area (Å²) in [5.74, 6) is 2.04. The summed E-state index contributed by atoms with van der Waals surface area (Å²) in [6, 6.07) is 4.72. The Bertz CT molecular complexity index is 1070. The van der Waals surface area contributed by atoms with Crippen LogP contribution < -0.4 is 0 Å². The van der Waals surface area contributed by atoms with Crippen LogP contribution in [0, 0.1) is 52.3 Å². The van der Waals surface area contributed by atoms with Gasteiger partial charge in [-0.3, -0.25) is 0 Å². The van der Waals surface area contributed by atoms with E-state index >= 15 is 0 Å². The molecule has 0 bridgehead atoms. The first-order valence-corrected chi connectivity index (χ1v) is 15.1. The highest BCUT2D eigenvalue weighted by molar-refractivity contribution is 5.91. The van der Waals surface area contributed by atoms with Gasteiger partial charge in [-0.15, -0.1) is 0 Å². The fourth-order valence-electron chi connectivity index (χ4n) is 10.3. The van der Waals surface area contributed by atoms with Crippen molar-refractivity contribution in [2.45, 2.75) is 97.7 Å². The molecule has 11 atom stereocenters. The molecule has 1 aromatic rings. The summed E-state index contributed by atoms with van der Waals surface area (Å²) in [5, 5.41) is 41.6. The van der Waals surface area contributed by atoms with Crippen molar-refractivity contribution in [3.63, 3.8) is 0 Å². The number of fused-ring (bicyclic) bond motifs is 5. The second kappa shape index (κ2) is 10.3. The number of carboxylic acids is 1. The molecule has 5 nitrogen and oxygen atoms in total. The summed E-state index contributed by atoms with van der Waals surface area (Å²) < 4.78 is 0. The lowest BCUT2D eigenvalue weighted by Gasteiger charge is -2.64. The molecule has 0 heterocycles. The molecule has 4 saturated carbocycles. The minimum Gasteiger partial charge on any atom is -0.507 e. The van der Waals surface area contributed by atoms with Gasteiger partial charge in [-0.05, 0) is 121 Å². The van der Waals surface area contributed by atoms with E-state index in [1.807, 2.05) is 6.08 Å². The third-order valence-corrected chi connectivity index (χ3v) is 12.2. The number of aromatic hydroxyl groups is 1. The smallest absolute Gasteiger partial charge is 0.339 e. The second-order valence-electron chi connectivity index (χ2n) is 13.8. The van der Waals surface area contributed by atoms with E-state index < -0.39 is 5.97 Å². The summed E-state index contributed by atoms with van der Waals surface area (Å²) in [6.07, 6.45) is 13.4. The van der Waals surface area contributed by atoms with Gasteiger partial charge in [-0.1, -0.05) is 52.3 Å². The van der Waals surface area contributed by atoms with E-state index in [0.717, 1.165) is 37.7 Å². The Labute approximate surface area is 228 Å². The second-order valence-corrected chi connectivity index (χ2v) is 13.8. The Morgan fingerprint density at radius 3 is 2.45 bits per heavy atom. The molecule has 0 radical (unpaired) electrons. The van der Waals surface area contributed by atoms with Crippen LogP contribution in [0.3, 0.4) is 0 Å². The van der Waals surface area contributed by atoms with Crippen LogP contribution >= 0.6 is 0 Å². The average molecular weight is 525 g/mol. The standard InChI is InChI=1S/C33H48O5/c1-5-22-27-18-21(34)13-15-33(27,4)26-14-16-32(3)24(11-12-25(32)29(26)30(22)36)19(2)7-6-8-20-9-10-23(31(37)38)28(35)17-20/h6,8-10,17,19,21-22,24-27,29-30,34-36H,5,7,11-16,18H2,1-4H3,(H,37,38)/b8-6+/t19-,21-,22-,24-,25+,26+,27+,29+,30-,32-,33-/m1/s1. The zero-order chi connectivity index (χ0) is 27.4. The largest absolute Gasteiger partial charge is 0.507 e. The van der Waals surface area contributed by atoms with Crippen molar-refractivity contribution in [1.29, 1.82) is 0 Å². The highest BCUT2D eigenvalue weighted by Gasteiger charge is 2.64. The zero-order valence-electron chi connectivity index (χ0n) is 23.6. The average Bonchev–Trinajstić information content (AvgIpc) is 3.22. The predicted octanol–water partition coefficient (Wildman–Crippen LogP) is 6.76. The number of aliphatic hydroxyl groups excluding tert-OH is 2. The lowest BCUT2D eigenvalue weighted by molar-refractivity contribution is -0.203. The molecule has 5 heteroatoms. The highest BCUT2D eigenvalue weighted by atomic mass is 16.4. The van der Waals surface area contributed by atoms with Crippen LogP contribution in [0.25, 0.3) is 6.08 Å². The summed E-state index contributed by atoms with van der Waals surface area (Å²) in [4.78, 5) is 11.2. The van der Waals surface area contributed by atoms with E-state index in [-0.39, 0.29) is 34.4 Å². The molecular formula is C33H48O5. The fraction of sp³-hybridized carbons (Fsp3) is 0.727. The number of phenols is 1. The highest BCUT2D eigenvalue weighted by Crippen LogP contribution is 2.69. The van der Waals surface area contributed by atoms with E-state index in [1.165, 1.54) is 37.8 Å². The molecule has 0 amide bonds. The van der Waals surface area contributed by atoms with Crippen molar-refractivity contribution in [2.24, 2.45) is 52.3 Å². The molecule has 1 aromatic carbocycles. The number of carbonyl (C=O) groups is 1. The van der Waals surface area contributed by atoms with Crippen molar-refractivity contribution in [2.75, 3.05) is 0 Å². The lowest BCUT2D eigenvalue weighted by Crippen LogP contribution is -2.62. The first kappa shape index (κ1) is 27.7. The van der Waals surface area contributed by atoms with Gasteiger partial charge in [0.25, 0.3) is 0 Å². The maximum Gasteiger partial charge on any atom is 0.339 e. The van der Waals surface area contributed by atoms with Crippen LogP contribution in [0.4, 0.5) is 0 Å². The van der Waals surface area contributed by atoms with Crippen molar-refractivity contribution < 1.29 is 25.2 Å². The zero-order valence-corrected chi connectivity index (χ0v) is 23.6. The molecule has 0 saturated heterocycles. The van der Waals surface area contributed by atoms with Crippen LogP contribution in [0.2, 0.25) is 0 Å². The van der Waals surface area contributed by atoms with Gasteiger partial charge in [0.2, 0.25) is 0 Å². The summed E-state index contributed by atoms with van der Waals surface area (Å²) in [7, 11) is 0. The van der Waals surface area contributed by atoms with E-state index in [1.54, 1.807) is 6.07 Å². The summed E-state index contributed by atoms with van der Waals surface area (Å²) in [6.45, 7) is 9.62. The molecule has 0 aromatic heterocycles. The van der Waals surface area contributed by atoms with Gasteiger partial charge < -0.3 is 20.4 Å². The third kappa shape index (κ3) is 4.42. The van der Waals surface area contributed by atoms with Crippen molar-refractivity contribution in [1.82, 2.24) is 0 Å². The Hall–Kier alpha value is -1.85. The normalized spacial score (nSPS) is 43.3. The predicted molar refractivity (Wildman–Crippen MR) is 150 cm³/mol. The summed E-state index contributed by atoms with van der Waals surface area (Å²) >= 11 is 0. The molecule has 5 rings (SSSR count). The minimum atomic E-state index is -1.12. The molecular weight excluding hydrogens is 476 g/mol. The van der Waals surface area contributed by atoms with Gasteiger partial charge in [0, 0.05) is 0 Å². The summed E-state index contributed by atoms with van der Waals surface area (Å²) in [5.41, 5.74) is 1.22. The molecule has 38 heavy (non-hydrogen) atoms. The number of benzene rings is 1. The number of aromatic carboxylic acids is 1. The minimum absolute atomic E-state index is 0.0733. The van der Waals surface area contributed by atoms with Gasteiger partial charge in [-0.2, -0.15) is 0 Å². The monoisotopic (exact) mass is 524 g/mol. The topological polar surface area (TPSA) is 98.0 Å². The Morgan fingerprint density at radius 1 is 1.05 bits per heavy atom. The fourth-order valence-corrected chi connectivity index (χ4v) is 10.3. The van der Waals surface area contributed by atoms with E-state index in [2.05, 4.69) is 33.8 Å². The quantitative estimate of drug-likeness (QED) is 0.330. The number of hydrogen-bond donors (Lipinski definition) is 4. The number of rotatable bonds is 6. The lowest BCUT2D eigenvalue weighted by atomic mass is 9.41. The Kier molecular flexibility index (Phi) is 7.49. The Balaban J connectivity index is 1.32. The number of allylic oxidation sites excluding steroid dienone is 1. The van der Waals surface area contributed by atoms with E-state index in [4.69, 9.17) is 5.11 Å². The maximum absolute atomic E-state index is 11.9. The molecule has 0 spiro atoms. The van der Waals surface area contributed by atoms with Crippen LogP contribution in [0.15, 0.2) is 24.3 Å².